The van der Waals surface area contributed by atoms with Crippen LogP contribution < -0.4 is 10.2 Å². The molecule has 20 heavy (non-hydrogen) atoms. The number of hydrogen-bond acceptors (Lipinski definition) is 3. The quantitative estimate of drug-likeness (QED) is 0.851. The van der Waals surface area contributed by atoms with E-state index in [1.165, 1.54) is 5.56 Å². The van der Waals surface area contributed by atoms with E-state index in [2.05, 4.69) is 75.9 Å². The van der Waals surface area contributed by atoms with Gasteiger partial charge >= 0.3 is 0 Å². The van der Waals surface area contributed by atoms with Crippen LogP contribution >= 0.6 is 0 Å². The molecular formula is C17H31N3. The minimum Gasteiger partial charge on any atom is -0.356 e. The molecule has 0 aromatic carbocycles. The van der Waals surface area contributed by atoms with Crippen LogP contribution in [0.4, 0.5) is 5.82 Å². The first-order valence-corrected chi connectivity index (χ1v) is 7.69. The Balaban J connectivity index is 2.75. The second kappa shape index (κ2) is 7.07. The lowest BCUT2D eigenvalue weighted by Crippen LogP contribution is -2.39. The third-order valence-corrected chi connectivity index (χ3v) is 4.17. The first-order valence-electron chi connectivity index (χ1n) is 7.69. The van der Waals surface area contributed by atoms with Gasteiger partial charge in [0.1, 0.15) is 5.82 Å². The molecular weight excluding hydrogens is 246 g/mol. The van der Waals surface area contributed by atoms with Gasteiger partial charge in [-0.2, -0.15) is 0 Å². The molecule has 1 heterocycles. The van der Waals surface area contributed by atoms with Gasteiger partial charge in [-0.25, -0.2) is 4.98 Å². The Kier molecular flexibility index (Phi) is 6.00. The smallest absolute Gasteiger partial charge is 0.128 e. The van der Waals surface area contributed by atoms with Gasteiger partial charge in [0.25, 0.3) is 0 Å². The van der Waals surface area contributed by atoms with Crippen molar-refractivity contribution >= 4 is 5.82 Å². The van der Waals surface area contributed by atoms with E-state index >= 15 is 0 Å². The summed E-state index contributed by atoms with van der Waals surface area (Å²) in [5.74, 6) is 1.04. The zero-order valence-corrected chi connectivity index (χ0v) is 14.2. The average Bonchev–Trinajstić information content (AvgIpc) is 2.42. The third-order valence-electron chi connectivity index (χ3n) is 4.17. The lowest BCUT2D eigenvalue weighted by molar-refractivity contribution is 0.328. The molecule has 0 aliphatic heterocycles. The number of nitrogens with zero attached hydrogens (tertiary/aromatic N) is 2. The van der Waals surface area contributed by atoms with E-state index in [4.69, 9.17) is 0 Å². The summed E-state index contributed by atoms with van der Waals surface area (Å²) in [4.78, 5) is 6.89. The molecule has 1 rings (SSSR count). The minimum atomic E-state index is 0.241. The van der Waals surface area contributed by atoms with Crippen LogP contribution in [-0.2, 0) is 0 Å². The summed E-state index contributed by atoms with van der Waals surface area (Å²) < 4.78 is 0. The molecule has 0 aliphatic rings. The highest BCUT2D eigenvalue weighted by atomic mass is 15.2. The maximum atomic E-state index is 4.63. The Hall–Kier alpha value is -1.09. The number of rotatable bonds is 6. The molecule has 0 radical (unpaired) electrons. The lowest BCUT2D eigenvalue weighted by atomic mass is 9.87. The van der Waals surface area contributed by atoms with Crippen molar-refractivity contribution < 1.29 is 0 Å². The van der Waals surface area contributed by atoms with Crippen LogP contribution in [0.3, 0.4) is 0 Å². The molecule has 0 fully saturated rings. The van der Waals surface area contributed by atoms with E-state index in [0.717, 1.165) is 18.8 Å². The van der Waals surface area contributed by atoms with E-state index in [1.54, 1.807) is 0 Å². The fraction of sp³-hybridized carbons (Fsp3) is 0.706. The molecule has 0 aliphatic carbocycles. The maximum Gasteiger partial charge on any atom is 0.128 e. The number of nitrogens with one attached hydrogen (secondary N) is 1. The van der Waals surface area contributed by atoms with E-state index in [-0.39, 0.29) is 5.41 Å². The molecule has 0 bridgehead atoms. The van der Waals surface area contributed by atoms with Crippen molar-refractivity contribution in [3.63, 3.8) is 0 Å². The number of anilines is 1. The molecule has 2 unspecified atom stereocenters. The molecule has 1 aromatic rings. The van der Waals surface area contributed by atoms with Gasteiger partial charge in [-0.05, 0) is 43.9 Å². The molecule has 0 saturated carbocycles. The maximum absolute atomic E-state index is 4.63. The number of aromatic nitrogens is 1. The normalized spacial score (nSPS) is 14.9. The number of pyridine rings is 1. The van der Waals surface area contributed by atoms with Gasteiger partial charge < -0.3 is 10.2 Å². The molecule has 1 aromatic heterocycles. The fourth-order valence-electron chi connectivity index (χ4n) is 2.12. The highest BCUT2D eigenvalue weighted by Crippen LogP contribution is 2.26. The largest absolute Gasteiger partial charge is 0.356 e. The molecule has 3 heteroatoms. The van der Waals surface area contributed by atoms with Crippen molar-refractivity contribution in [2.75, 3.05) is 18.5 Å². The topological polar surface area (TPSA) is 28.2 Å². The predicted molar refractivity (Wildman–Crippen MR) is 88.3 cm³/mol. The fourth-order valence-corrected chi connectivity index (χ4v) is 2.12. The second-order valence-electron chi connectivity index (χ2n) is 6.78. The summed E-state index contributed by atoms with van der Waals surface area (Å²) in [6.07, 6.45) is 3.15. The Bertz CT molecular complexity index is 392. The summed E-state index contributed by atoms with van der Waals surface area (Å²) in [5.41, 5.74) is 1.49. The third kappa shape index (κ3) is 4.48. The highest BCUT2D eigenvalue weighted by molar-refractivity contribution is 5.40. The lowest BCUT2D eigenvalue weighted by Gasteiger charge is -2.36. The zero-order chi connectivity index (χ0) is 15.3. The molecule has 0 saturated heterocycles. The van der Waals surface area contributed by atoms with E-state index < -0.39 is 0 Å². The minimum absolute atomic E-state index is 0.241. The summed E-state index contributed by atoms with van der Waals surface area (Å²) in [6.45, 7) is 14.5. The van der Waals surface area contributed by atoms with Crippen molar-refractivity contribution in [3.05, 3.63) is 23.9 Å². The van der Waals surface area contributed by atoms with Crippen molar-refractivity contribution in [2.45, 2.75) is 60.0 Å². The van der Waals surface area contributed by atoms with Crippen LogP contribution in [0.1, 0.15) is 59.6 Å². The van der Waals surface area contributed by atoms with Gasteiger partial charge in [-0.3, -0.25) is 0 Å². The molecule has 0 amide bonds. The van der Waals surface area contributed by atoms with Crippen LogP contribution in [0.2, 0.25) is 0 Å². The van der Waals surface area contributed by atoms with Gasteiger partial charge in [-0.1, -0.05) is 33.8 Å². The summed E-state index contributed by atoms with van der Waals surface area (Å²) in [5, 5.41) is 3.49. The van der Waals surface area contributed by atoms with Crippen LogP contribution in [0.25, 0.3) is 0 Å². The average molecular weight is 277 g/mol. The van der Waals surface area contributed by atoms with Crippen LogP contribution in [0, 0.1) is 5.41 Å². The molecule has 114 valence electrons. The van der Waals surface area contributed by atoms with Crippen molar-refractivity contribution in [1.82, 2.24) is 10.3 Å². The molecule has 0 spiro atoms. The van der Waals surface area contributed by atoms with E-state index in [9.17, 15) is 0 Å². The Morgan fingerprint density at radius 2 is 1.90 bits per heavy atom. The van der Waals surface area contributed by atoms with Gasteiger partial charge in [0.05, 0.1) is 0 Å². The first-order chi connectivity index (χ1) is 9.27. The van der Waals surface area contributed by atoms with Crippen molar-refractivity contribution in [1.29, 1.82) is 0 Å². The highest BCUT2D eigenvalue weighted by Gasteiger charge is 2.24. The molecule has 3 nitrogen and oxygen atoms in total. The van der Waals surface area contributed by atoms with Gasteiger partial charge in [0, 0.05) is 25.3 Å². The molecule has 2 atom stereocenters. The monoisotopic (exact) mass is 277 g/mol. The summed E-state index contributed by atoms with van der Waals surface area (Å²) in [6, 6.07) is 5.11. The Morgan fingerprint density at radius 3 is 2.35 bits per heavy atom. The SMILES string of the molecule is CCCNC(C)c1ccc(N(C)C(C)C(C)(C)C)nc1. The summed E-state index contributed by atoms with van der Waals surface area (Å²) >= 11 is 0. The van der Waals surface area contributed by atoms with E-state index in [1.807, 2.05) is 6.20 Å². The van der Waals surface area contributed by atoms with Crippen molar-refractivity contribution in [3.8, 4) is 0 Å². The summed E-state index contributed by atoms with van der Waals surface area (Å²) in [7, 11) is 2.12. The van der Waals surface area contributed by atoms with Gasteiger partial charge in [0.15, 0.2) is 0 Å². The second-order valence-corrected chi connectivity index (χ2v) is 6.78. The van der Waals surface area contributed by atoms with Crippen LogP contribution in [-0.4, -0.2) is 24.6 Å². The van der Waals surface area contributed by atoms with Crippen LogP contribution in [0.15, 0.2) is 18.3 Å². The van der Waals surface area contributed by atoms with Crippen LogP contribution in [0.5, 0.6) is 0 Å². The molecule has 1 N–H and O–H groups in total. The van der Waals surface area contributed by atoms with Gasteiger partial charge in [0.2, 0.25) is 0 Å². The predicted octanol–water partition coefficient (Wildman–Crippen LogP) is 4.01. The Morgan fingerprint density at radius 1 is 1.25 bits per heavy atom. The number of hydrogen-bond donors (Lipinski definition) is 1. The van der Waals surface area contributed by atoms with Crippen molar-refractivity contribution in [2.24, 2.45) is 5.41 Å². The van der Waals surface area contributed by atoms with Gasteiger partial charge in [-0.15, -0.1) is 0 Å². The Labute approximate surface area is 124 Å². The standard InChI is InChI=1S/C17H31N3/c1-8-11-18-13(2)15-9-10-16(19-12-15)20(7)14(3)17(4,5)6/h9-10,12-14,18H,8,11H2,1-7H3. The zero-order valence-electron chi connectivity index (χ0n) is 14.2. The first kappa shape index (κ1) is 17.0. The van der Waals surface area contributed by atoms with E-state index in [0.29, 0.717) is 12.1 Å².